The summed E-state index contributed by atoms with van der Waals surface area (Å²) in [4.78, 5) is 13.1. The zero-order chi connectivity index (χ0) is 27.3. The zero-order valence-electron chi connectivity index (χ0n) is 25.2. The van der Waals surface area contributed by atoms with Crippen molar-refractivity contribution < 1.29 is 4.79 Å². The van der Waals surface area contributed by atoms with E-state index in [-0.39, 0.29) is 16.7 Å². The molecule has 0 aromatic heterocycles. The Balaban J connectivity index is 0.00000109. The smallest absolute Gasteiger partial charge is 0.140 e. The molecule has 2 aliphatic rings. The van der Waals surface area contributed by atoms with E-state index in [1.807, 2.05) is 27.7 Å². The van der Waals surface area contributed by atoms with E-state index in [4.69, 9.17) is 0 Å². The van der Waals surface area contributed by atoms with E-state index in [1.165, 1.54) is 57.4 Å². The van der Waals surface area contributed by atoms with Gasteiger partial charge in [-0.25, -0.2) is 0 Å². The minimum Gasteiger partial charge on any atom is -0.299 e. The van der Waals surface area contributed by atoms with Crippen LogP contribution in [0.5, 0.6) is 0 Å². The molecular weight excluding hydrogens is 436 g/mol. The van der Waals surface area contributed by atoms with Crippen LogP contribution in [0.15, 0.2) is 42.0 Å². The van der Waals surface area contributed by atoms with Gasteiger partial charge in [-0.15, -0.1) is 0 Å². The second-order valence-electron chi connectivity index (χ2n) is 11.8. The van der Waals surface area contributed by atoms with E-state index < -0.39 is 0 Å². The number of carbonyl (C=O) groups is 1. The van der Waals surface area contributed by atoms with Gasteiger partial charge in [-0.2, -0.15) is 0 Å². The highest BCUT2D eigenvalue weighted by Crippen LogP contribution is 2.47. The number of ketones is 1. The molecule has 0 bridgehead atoms. The Morgan fingerprint density at radius 2 is 1.36 bits per heavy atom. The minimum absolute atomic E-state index is 0.150. The number of carbonyl (C=O) groups excluding carboxylic acids is 1. The highest BCUT2D eigenvalue weighted by Gasteiger charge is 2.37. The molecule has 36 heavy (non-hydrogen) atoms. The Bertz CT molecular complexity index is 1060. The molecule has 0 saturated heterocycles. The first-order valence-electron chi connectivity index (χ1n) is 14.4. The van der Waals surface area contributed by atoms with Crippen LogP contribution in [-0.2, 0) is 28.5 Å². The Kier molecular flexibility index (Phi) is 10.4. The maximum Gasteiger partial charge on any atom is 0.140 e. The summed E-state index contributed by atoms with van der Waals surface area (Å²) in [6.07, 6.45) is 8.24. The van der Waals surface area contributed by atoms with Gasteiger partial charge in [-0.1, -0.05) is 97.4 Å². The third kappa shape index (κ3) is 6.58. The lowest BCUT2D eigenvalue weighted by Crippen LogP contribution is -2.34. The van der Waals surface area contributed by atoms with Gasteiger partial charge in [0.05, 0.1) is 0 Å². The van der Waals surface area contributed by atoms with Gasteiger partial charge >= 0.3 is 0 Å². The lowest BCUT2D eigenvalue weighted by Gasteiger charge is -2.42. The lowest BCUT2D eigenvalue weighted by molar-refractivity contribution is -0.121. The number of fused-ring (bicyclic) bond motifs is 1. The fourth-order valence-electron chi connectivity index (χ4n) is 5.83. The van der Waals surface area contributed by atoms with Crippen LogP contribution in [0.25, 0.3) is 0 Å². The molecule has 0 aliphatic heterocycles. The molecule has 0 radical (unpaired) electrons. The molecule has 0 fully saturated rings. The average molecular weight is 489 g/mol. The maximum atomic E-state index is 13.1. The van der Waals surface area contributed by atoms with Crippen molar-refractivity contribution in [2.75, 3.05) is 0 Å². The van der Waals surface area contributed by atoms with Crippen molar-refractivity contribution in [3.05, 3.63) is 80.9 Å². The molecule has 2 aromatic rings. The summed E-state index contributed by atoms with van der Waals surface area (Å²) in [5, 5.41) is 0. The first kappa shape index (κ1) is 30.1. The summed E-state index contributed by atoms with van der Waals surface area (Å²) in [5.41, 5.74) is 11.6. The summed E-state index contributed by atoms with van der Waals surface area (Å²) in [6.45, 7) is 24.1. The number of hydrogen-bond donors (Lipinski definition) is 0. The maximum absolute atomic E-state index is 13.1. The van der Waals surface area contributed by atoms with Gasteiger partial charge in [-0.3, -0.25) is 4.79 Å². The molecule has 1 atom stereocenters. The number of allylic oxidation sites excluding steroid dienone is 2. The van der Waals surface area contributed by atoms with Crippen molar-refractivity contribution in [1.29, 1.82) is 0 Å². The predicted molar refractivity (Wildman–Crippen MR) is 158 cm³/mol. The Morgan fingerprint density at radius 1 is 0.833 bits per heavy atom. The van der Waals surface area contributed by atoms with Gasteiger partial charge in [0.2, 0.25) is 0 Å². The fraction of sp³-hybridized carbons (Fsp3) is 0.571. The van der Waals surface area contributed by atoms with Gasteiger partial charge in [-0.05, 0) is 103 Å². The van der Waals surface area contributed by atoms with Crippen LogP contribution in [0.1, 0.15) is 120 Å². The zero-order valence-corrected chi connectivity index (χ0v) is 25.2. The van der Waals surface area contributed by atoms with Crippen LogP contribution >= 0.6 is 0 Å². The van der Waals surface area contributed by atoms with E-state index >= 15 is 0 Å². The van der Waals surface area contributed by atoms with E-state index in [9.17, 15) is 4.79 Å². The van der Waals surface area contributed by atoms with Crippen molar-refractivity contribution in [2.24, 2.45) is 5.92 Å². The quantitative estimate of drug-likeness (QED) is 0.383. The minimum atomic E-state index is 0.150. The molecule has 1 heteroatoms. The van der Waals surface area contributed by atoms with Crippen LogP contribution in [0.2, 0.25) is 0 Å². The number of benzene rings is 2. The molecule has 1 nitrogen and oxygen atoms in total. The van der Waals surface area contributed by atoms with Crippen molar-refractivity contribution >= 4 is 5.78 Å². The number of hydrogen-bond acceptors (Lipinski definition) is 1. The van der Waals surface area contributed by atoms with E-state index in [0.717, 1.165) is 19.3 Å². The third-order valence-corrected chi connectivity index (χ3v) is 8.38. The van der Waals surface area contributed by atoms with Crippen LogP contribution < -0.4 is 0 Å². The number of aryl methyl sites for hydroxylation is 3. The summed E-state index contributed by atoms with van der Waals surface area (Å²) < 4.78 is 0. The van der Waals surface area contributed by atoms with Crippen LogP contribution in [0, 0.1) is 26.7 Å². The molecule has 198 valence electrons. The number of Topliss-reactive ketones (excluding diaryl/α,β-unsaturated/α-hetero) is 1. The second kappa shape index (κ2) is 12.4. The van der Waals surface area contributed by atoms with Crippen LogP contribution in [0.4, 0.5) is 0 Å². The SMILES string of the molecule is CC.CC.Cc1cc2c(cc1CC1=CC[C@H](C(=O)Cc3c(C)cccc3C)C1)C(C)(C)CCC2(C)C. The largest absolute Gasteiger partial charge is 0.299 e. The van der Waals surface area contributed by atoms with Gasteiger partial charge in [0.15, 0.2) is 0 Å². The summed E-state index contributed by atoms with van der Waals surface area (Å²) in [5.74, 6) is 0.552. The topological polar surface area (TPSA) is 17.1 Å². The standard InChI is InChI=1S/C31H40O.2C2H6/c1-20-9-8-10-21(2)26(20)19-29(32)24-12-11-23(16-24)17-25-18-28-27(15-22(25)3)30(4,5)13-14-31(28,6)7;2*1-2/h8-11,15,18,24H,12-14,16-17,19H2,1-7H3;2*1-2H3/t24-;;/m0../s1. The molecule has 0 N–H and O–H groups in total. The molecule has 2 aliphatic carbocycles. The van der Waals surface area contributed by atoms with Crippen molar-refractivity contribution in [3.63, 3.8) is 0 Å². The fourth-order valence-corrected chi connectivity index (χ4v) is 5.83. The lowest BCUT2D eigenvalue weighted by atomic mass is 9.62. The molecule has 4 rings (SSSR count). The van der Waals surface area contributed by atoms with Crippen molar-refractivity contribution in [2.45, 2.75) is 126 Å². The van der Waals surface area contributed by atoms with Gasteiger partial charge in [0.25, 0.3) is 0 Å². The third-order valence-electron chi connectivity index (χ3n) is 8.38. The summed E-state index contributed by atoms with van der Waals surface area (Å²) in [6, 6.07) is 11.3. The molecule has 0 spiro atoms. The molecule has 0 unspecified atom stereocenters. The Labute approximate surface area is 222 Å². The highest BCUT2D eigenvalue weighted by atomic mass is 16.1. The monoisotopic (exact) mass is 488 g/mol. The Morgan fingerprint density at radius 3 is 1.92 bits per heavy atom. The van der Waals surface area contributed by atoms with E-state index in [2.05, 4.69) is 84.9 Å². The van der Waals surface area contributed by atoms with Crippen molar-refractivity contribution in [3.8, 4) is 0 Å². The first-order valence-corrected chi connectivity index (χ1v) is 14.4. The highest BCUT2D eigenvalue weighted by molar-refractivity contribution is 5.84. The van der Waals surface area contributed by atoms with Gasteiger partial charge in [0.1, 0.15) is 5.78 Å². The van der Waals surface area contributed by atoms with E-state index in [0.29, 0.717) is 12.2 Å². The molecule has 0 amide bonds. The Hall–Kier alpha value is -2.15. The molecule has 0 saturated carbocycles. The first-order chi connectivity index (χ1) is 17.0. The van der Waals surface area contributed by atoms with Gasteiger partial charge < -0.3 is 0 Å². The number of rotatable bonds is 5. The normalized spacial score (nSPS) is 19.2. The van der Waals surface area contributed by atoms with E-state index in [1.54, 1.807) is 0 Å². The van der Waals surface area contributed by atoms with Crippen LogP contribution in [-0.4, -0.2) is 5.78 Å². The molecular formula is C35H52O. The summed E-state index contributed by atoms with van der Waals surface area (Å²) >= 11 is 0. The second-order valence-corrected chi connectivity index (χ2v) is 11.8. The average Bonchev–Trinajstić information content (AvgIpc) is 3.32. The molecule has 0 heterocycles. The summed E-state index contributed by atoms with van der Waals surface area (Å²) in [7, 11) is 0. The predicted octanol–water partition coefficient (Wildman–Crippen LogP) is 9.70. The molecule has 2 aromatic carbocycles. The van der Waals surface area contributed by atoms with Gasteiger partial charge in [0, 0.05) is 12.3 Å². The van der Waals surface area contributed by atoms with Crippen molar-refractivity contribution in [1.82, 2.24) is 0 Å². The van der Waals surface area contributed by atoms with Crippen LogP contribution in [0.3, 0.4) is 0 Å².